The Balaban J connectivity index is 1.23. The number of rotatable bonds is 6. The van der Waals surface area contributed by atoms with Crippen LogP contribution in [0.2, 0.25) is 0 Å². The number of fused-ring (bicyclic) bond motifs is 1. The topological polar surface area (TPSA) is 130 Å². The van der Waals surface area contributed by atoms with Crippen molar-refractivity contribution in [2.24, 2.45) is 0 Å². The Bertz CT molecular complexity index is 1370. The van der Waals surface area contributed by atoms with Gasteiger partial charge in [0.05, 0.1) is 11.6 Å². The number of piperidine rings is 1. The van der Waals surface area contributed by atoms with Gasteiger partial charge < -0.3 is 20.7 Å². The molecule has 2 aliphatic rings. The molecular weight excluding hydrogens is 456 g/mol. The number of carbonyl (C=O) groups excluding carboxylic acids is 1. The Labute approximate surface area is 207 Å². The molecule has 10 nitrogen and oxygen atoms in total. The van der Waals surface area contributed by atoms with E-state index in [1.807, 2.05) is 42.5 Å². The van der Waals surface area contributed by atoms with Crippen LogP contribution in [0.1, 0.15) is 40.6 Å². The Morgan fingerprint density at radius 3 is 2.75 bits per heavy atom. The number of carbonyl (C=O) groups is 1. The first kappa shape index (κ1) is 22.2. The van der Waals surface area contributed by atoms with Crippen molar-refractivity contribution in [3.8, 4) is 17.1 Å². The largest absolute Gasteiger partial charge is 0.491 e. The molecular formula is C26H26N8O2. The van der Waals surface area contributed by atoms with Crippen molar-refractivity contribution in [3.63, 3.8) is 0 Å². The average Bonchev–Trinajstić information content (AvgIpc) is 3.59. The van der Waals surface area contributed by atoms with Gasteiger partial charge in [0.15, 0.2) is 11.6 Å². The number of amides is 1. The molecule has 0 radical (unpaired) electrons. The van der Waals surface area contributed by atoms with Crippen LogP contribution >= 0.6 is 0 Å². The number of pyridine rings is 2. The maximum absolute atomic E-state index is 13.1. The summed E-state index contributed by atoms with van der Waals surface area (Å²) in [7, 11) is 0. The smallest absolute Gasteiger partial charge is 0.251 e. The minimum Gasteiger partial charge on any atom is -0.491 e. The number of nitrogens with one attached hydrogen (secondary N) is 4. The van der Waals surface area contributed by atoms with E-state index in [2.05, 4.69) is 36.1 Å². The Kier molecular flexibility index (Phi) is 5.78. The van der Waals surface area contributed by atoms with Gasteiger partial charge in [0.25, 0.3) is 5.91 Å². The summed E-state index contributed by atoms with van der Waals surface area (Å²) < 4.78 is 5.68. The molecule has 0 spiro atoms. The molecule has 5 heterocycles. The van der Waals surface area contributed by atoms with E-state index in [1.54, 1.807) is 24.8 Å². The fourth-order valence-electron chi connectivity index (χ4n) is 4.81. The maximum Gasteiger partial charge on any atom is 0.251 e. The first-order chi connectivity index (χ1) is 17.7. The van der Waals surface area contributed by atoms with Crippen molar-refractivity contribution in [1.82, 2.24) is 35.8 Å². The molecule has 3 aromatic heterocycles. The molecule has 182 valence electrons. The lowest BCUT2D eigenvalue weighted by Gasteiger charge is -2.37. The Hall–Kier alpha value is -4.31. The first-order valence-corrected chi connectivity index (χ1v) is 12.0. The number of anilines is 1. The van der Waals surface area contributed by atoms with Gasteiger partial charge in [-0.2, -0.15) is 5.10 Å². The number of hydrogen-bond acceptors (Lipinski definition) is 8. The molecule has 1 amide bonds. The number of nitrogens with zero attached hydrogens (tertiary/aromatic N) is 4. The summed E-state index contributed by atoms with van der Waals surface area (Å²) in [5.41, 5.74) is 2.77. The van der Waals surface area contributed by atoms with Gasteiger partial charge in [0.1, 0.15) is 12.4 Å². The fourth-order valence-corrected chi connectivity index (χ4v) is 4.81. The number of aromatic nitrogens is 5. The van der Waals surface area contributed by atoms with Crippen molar-refractivity contribution < 1.29 is 9.53 Å². The molecule has 1 fully saturated rings. The van der Waals surface area contributed by atoms with Gasteiger partial charge in [-0.25, -0.2) is 4.98 Å². The average molecular weight is 483 g/mol. The predicted octanol–water partition coefficient (Wildman–Crippen LogP) is 2.82. The molecule has 0 saturated carbocycles. The van der Waals surface area contributed by atoms with Gasteiger partial charge in [-0.1, -0.05) is 6.07 Å². The van der Waals surface area contributed by atoms with Gasteiger partial charge >= 0.3 is 0 Å². The molecule has 36 heavy (non-hydrogen) atoms. The molecule has 10 heteroatoms. The van der Waals surface area contributed by atoms with Crippen molar-refractivity contribution in [2.75, 3.05) is 25.0 Å². The molecule has 6 rings (SSSR count). The second-order valence-electron chi connectivity index (χ2n) is 9.03. The van der Waals surface area contributed by atoms with Crippen LogP contribution in [0.5, 0.6) is 5.75 Å². The molecule has 2 aliphatic heterocycles. The number of H-pyrrole nitrogens is 1. The van der Waals surface area contributed by atoms with Crippen LogP contribution in [-0.4, -0.2) is 50.8 Å². The van der Waals surface area contributed by atoms with Crippen LogP contribution in [0.4, 0.5) is 5.69 Å². The summed E-state index contributed by atoms with van der Waals surface area (Å²) in [6.45, 7) is 2.08. The minimum atomic E-state index is -0.442. The van der Waals surface area contributed by atoms with Gasteiger partial charge in [-0.15, -0.1) is 0 Å². The van der Waals surface area contributed by atoms with E-state index in [-0.39, 0.29) is 11.9 Å². The summed E-state index contributed by atoms with van der Waals surface area (Å²) in [5.74, 6) is 2.01. The van der Waals surface area contributed by atoms with Crippen LogP contribution in [0.25, 0.3) is 11.4 Å². The van der Waals surface area contributed by atoms with Crippen LogP contribution in [0, 0.1) is 0 Å². The molecule has 0 bridgehead atoms. The highest BCUT2D eigenvalue weighted by Gasteiger charge is 2.37. The van der Waals surface area contributed by atoms with E-state index in [9.17, 15) is 4.79 Å². The van der Waals surface area contributed by atoms with Gasteiger partial charge in [-0.3, -0.25) is 19.9 Å². The highest BCUT2D eigenvalue weighted by molar-refractivity contribution is 5.95. The van der Waals surface area contributed by atoms with Gasteiger partial charge in [-0.05, 0) is 62.3 Å². The zero-order valence-corrected chi connectivity index (χ0v) is 19.6. The third-order valence-corrected chi connectivity index (χ3v) is 6.74. The van der Waals surface area contributed by atoms with Crippen LogP contribution in [-0.2, 0) is 5.54 Å². The van der Waals surface area contributed by atoms with Crippen molar-refractivity contribution in [1.29, 1.82) is 0 Å². The highest BCUT2D eigenvalue weighted by atomic mass is 16.5. The highest BCUT2D eigenvalue weighted by Crippen LogP contribution is 2.34. The number of benzene rings is 1. The number of ether oxygens (including phenoxy) is 1. The third-order valence-electron chi connectivity index (χ3n) is 6.74. The SMILES string of the molecule is O=C(N[C@@H]1COc2ccncc21)c1cccc(NC2(c3nc(-c4ccncc4)n[nH]3)CCNCC2)c1. The van der Waals surface area contributed by atoms with E-state index in [1.165, 1.54) is 0 Å². The normalized spacial score (nSPS) is 18.2. The molecule has 4 aromatic rings. The summed E-state index contributed by atoms with van der Waals surface area (Å²) in [5, 5.41) is 17.8. The molecule has 1 saturated heterocycles. The Morgan fingerprint density at radius 1 is 1.06 bits per heavy atom. The minimum absolute atomic E-state index is 0.164. The lowest BCUT2D eigenvalue weighted by molar-refractivity contribution is 0.0930. The van der Waals surface area contributed by atoms with Gasteiger partial charge in [0, 0.05) is 47.2 Å². The quantitative estimate of drug-likeness (QED) is 0.330. The molecule has 0 aliphatic carbocycles. The van der Waals surface area contributed by atoms with E-state index in [0.717, 1.165) is 54.3 Å². The molecule has 0 unspecified atom stereocenters. The molecule has 1 aromatic carbocycles. The zero-order chi connectivity index (χ0) is 24.4. The second kappa shape index (κ2) is 9.38. The van der Waals surface area contributed by atoms with E-state index in [0.29, 0.717) is 18.0 Å². The van der Waals surface area contributed by atoms with E-state index in [4.69, 9.17) is 9.72 Å². The van der Waals surface area contributed by atoms with E-state index < -0.39 is 5.54 Å². The molecule has 4 N–H and O–H groups in total. The lowest BCUT2D eigenvalue weighted by Crippen LogP contribution is -2.46. The van der Waals surface area contributed by atoms with Crippen LogP contribution in [0.3, 0.4) is 0 Å². The Morgan fingerprint density at radius 2 is 1.89 bits per heavy atom. The second-order valence-corrected chi connectivity index (χ2v) is 9.03. The monoisotopic (exact) mass is 482 g/mol. The van der Waals surface area contributed by atoms with E-state index >= 15 is 0 Å². The summed E-state index contributed by atoms with van der Waals surface area (Å²) in [4.78, 5) is 26.2. The number of aromatic amines is 1. The summed E-state index contributed by atoms with van der Waals surface area (Å²) in [6.07, 6.45) is 8.52. The lowest BCUT2D eigenvalue weighted by atomic mass is 9.87. The fraction of sp³-hybridized carbons (Fsp3) is 0.269. The molecule has 1 atom stereocenters. The maximum atomic E-state index is 13.1. The standard InChI is InChI=1S/C26H26N8O2/c35-24(30-21-16-36-22-6-11-29-15-20(21)22)18-2-1-3-19(14-18)32-26(7-12-28-13-8-26)25-31-23(33-34-25)17-4-9-27-10-5-17/h1-6,9-11,14-15,21,28,32H,7-8,12-13,16H2,(H,30,35)(H,31,33,34)/t21-/m1/s1. The van der Waals surface area contributed by atoms with Crippen LogP contribution < -0.4 is 20.7 Å². The van der Waals surface area contributed by atoms with Crippen molar-refractivity contribution in [2.45, 2.75) is 24.4 Å². The number of hydrogen-bond donors (Lipinski definition) is 4. The van der Waals surface area contributed by atoms with Crippen molar-refractivity contribution >= 4 is 11.6 Å². The zero-order valence-electron chi connectivity index (χ0n) is 19.6. The first-order valence-electron chi connectivity index (χ1n) is 12.0. The van der Waals surface area contributed by atoms with Crippen molar-refractivity contribution in [3.05, 3.63) is 84.2 Å². The summed E-state index contributed by atoms with van der Waals surface area (Å²) in [6, 6.07) is 12.9. The van der Waals surface area contributed by atoms with Crippen LogP contribution in [0.15, 0.2) is 67.3 Å². The summed E-state index contributed by atoms with van der Waals surface area (Å²) >= 11 is 0. The predicted molar refractivity (Wildman–Crippen MR) is 133 cm³/mol. The third kappa shape index (κ3) is 4.27. The van der Waals surface area contributed by atoms with Gasteiger partial charge in [0.2, 0.25) is 0 Å².